The molecular weight excluding hydrogens is 254 g/mol. The van der Waals surface area contributed by atoms with Crippen LogP contribution in [-0.2, 0) is 6.61 Å². The lowest BCUT2D eigenvalue weighted by molar-refractivity contribution is 0.102. The van der Waals surface area contributed by atoms with Gasteiger partial charge in [0.15, 0.2) is 0 Å². The van der Waals surface area contributed by atoms with Gasteiger partial charge >= 0.3 is 0 Å². The van der Waals surface area contributed by atoms with Crippen LogP contribution in [0.2, 0.25) is 0 Å². The molecule has 0 aromatic heterocycles. The van der Waals surface area contributed by atoms with Crippen molar-refractivity contribution in [2.24, 2.45) is 0 Å². The number of carbonyl (C=O) groups is 1. The van der Waals surface area contributed by atoms with E-state index in [1.54, 1.807) is 24.3 Å². The van der Waals surface area contributed by atoms with Gasteiger partial charge in [-0.15, -0.1) is 0 Å². The first-order valence-electron chi connectivity index (χ1n) is 6.30. The van der Waals surface area contributed by atoms with Crippen LogP contribution in [0.5, 0.6) is 5.75 Å². The predicted octanol–water partition coefficient (Wildman–Crippen LogP) is 2.75. The molecule has 104 valence electrons. The van der Waals surface area contributed by atoms with Crippen LogP contribution < -0.4 is 10.1 Å². The summed E-state index contributed by atoms with van der Waals surface area (Å²) in [4.78, 5) is 12.3. The van der Waals surface area contributed by atoms with Gasteiger partial charge in [0.2, 0.25) is 0 Å². The van der Waals surface area contributed by atoms with Gasteiger partial charge in [-0.2, -0.15) is 0 Å². The summed E-state index contributed by atoms with van der Waals surface area (Å²) in [6, 6.07) is 12.5. The quantitative estimate of drug-likeness (QED) is 0.899. The van der Waals surface area contributed by atoms with Crippen LogP contribution in [0.1, 0.15) is 21.5 Å². The Morgan fingerprint density at radius 1 is 1.25 bits per heavy atom. The van der Waals surface area contributed by atoms with Gasteiger partial charge in [-0.1, -0.05) is 24.3 Å². The standard InChI is InChI=1S/C16H17NO3/c1-11-7-8-12(10-18)9-14(11)17-16(19)13-5-3-4-6-15(13)20-2/h3-9,18H,10H2,1-2H3,(H,17,19). The van der Waals surface area contributed by atoms with E-state index >= 15 is 0 Å². The molecule has 0 saturated carbocycles. The van der Waals surface area contributed by atoms with Gasteiger partial charge < -0.3 is 15.2 Å². The first-order valence-corrected chi connectivity index (χ1v) is 6.30. The first-order chi connectivity index (χ1) is 9.65. The van der Waals surface area contributed by atoms with Crippen molar-refractivity contribution in [1.82, 2.24) is 0 Å². The number of aliphatic hydroxyl groups is 1. The molecule has 1 amide bonds. The number of para-hydroxylation sites is 1. The van der Waals surface area contributed by atoms with Gasteiger partial charge in [-0.3, -0.25) is 4.79 Å². The molecule has 20 heavy (non-hydrogen) atoms. The summed E-state index contributed by atoms with van der Waals surface area (Å²) >= 11 is 0. The molecule has 2 rings (SSSR count). The number of nitrogens with one attached hydrogen (secondary N) is 1. The summed E-state index contributed by atoms with van der Waals surface area (Å²) in [5.41, 5.74) is 2.85. The average Bonchev–Trinajstić information content (AvgIpc) is 2.49. The van der Waals surface area contributed by atoms with Crippen molar-refractivity contribution in [3.8, 4) is 5.75 Å². The lowest BCUT2D eigenvalue weighted by Gasteiger charge is -2.12. The van der Waals surface area contributed by atoms with E-state index in [2.05, 4.69) is 5.32 Å². The van der Waals surface area contributed by atoms with Crippen LogP contribution in [0.25, 0.3) is 0 Å². The fourth-order valence-corrected chi connectivity index (χ4v) is 1.92. The molecule has 0 aliphatic heterocycles. The fourth-order valence-electron chi connectivity index (χ4n) is 1.92. The molecular formula is C16H17NO3. The Balaban J connectivity index is 2.27. The molecule has 0 fully saturated rings. The third kappa shape index (κ3) is 2.97. The smallest absolute Gasteiger partial charge is 0.259 e. The lowest BCUT2D eigenvalue weighted by atomic mass is 10.1. The number of hydrogen-bond donors (Lipinski definition) is 2. The molecule has 0 spiro atoms. The van der Waals surface area contributed by atoms with Crippen molar-refractivity contribution in [3.05, 3.63) is 59.2 Å². The molecule has 0 heterocycles. The van der Waals surface area contributed by atoms with Gasteiger partial charge in [0.25, 0.3) is 5.91 Å². The number of anilines is 1. The Kier molecular flexibility index (Phi) is 4.38. The minimum Gasteiger partial charge on any atom is -0.496 e. The number of benzene rings is 2. The van der Waals surface area contributed by atoms with Crippen LogP contribution in [-0.4, -0.2) is 18.1 Å². The molecule has 2 aromatic rings. The highest BCUT2D eigenvalue weighted by Crippen LogP contribution is 2.21. The molecule has 4 nitrogen and oxygen atoms in total. The molecule has 0 radical (unpaired) electrons. The lowest BCUT2D eigenvalue weighted by Crippen LogP contribution is -2.14. The van der Waals surface area contributed by atoms with Gasteiger partial charge in [0.05, 0.1) is 19.3 Å². The van der Waals surface area contributed by atoms with Crippen LogP contribution in [0, 0.1) is 6.92 Å². The molecule has 0 atom stereocenters. The summed E-state index contributed by atoms with van der Waals surface area (Å²) in [5, 5.41) is 12.0. The second-order valence-corrected chi connectivity index (χ2v) is 4.46. The van der Waals surface area contributed by atoms with Gasteiger partial charge in [-0.05, 0) is 36.2 Å². The molecule has 4 heteroatoms. The Morgan fingerprint density at radius 3 is 2.70 bits per heavy atom. The van der Waals surface area contributed by atoms with E-state index in [-0.39, 0.29) is 12.5 Å². The maximum Gasteiger partial charge on any atom is 0.259 e. The maximum absolute atomic E-state index is 12.3. The summed E-state index contributed by atoms with van der Waals surface area (Å²) in [6.45, 7) is 1.84. The van der Waals surface area contributed by atoms with Crippen molar-refractivity contribution < 1.29 is 14.6 Å². The van der Waals surface area contributed by atoms with Crippen molar-refractivity contribution in [1.29, 1.82) is 0 Å². The Morgan fingerprint density at radius 2 is 2.00 bits per heavy atom. The van der Waals surface area contributed by atoms with Crippen molar-refractivity contribution in [2.45, 2.75) is 13.5 Å². The topological polar surface area (TPSA) is 58.6 Å². The van der Waals surface area contributed by atoms with E-state index in [1.807, 2.05) is 25.1 Å². The van der Waals surface area contributed by atoms with Gasteiger partial charge in [-0.25, -0.2) is 0 Å². The summed E-state index contributed by atoms with van der Waals surface area (Å²) in [6.07, 6.45) is 0. The first kappa shape index (κ1) is 14.1. The number of hydrogen-bond acceptors (Lipinski definition) is 3. The minimum atomic E-state index is -0.236. The third-order valence-corrected chi connectivity index (χ3v) is 3.08. The zero-order chi connectivity index (χ0) is 14.5. The zero-order valence-electron chi connectivity index (χ0n) is 11.5. The van der Waals surface area contributed by atoms with Crippen molar-refractivity contribution in [2.75, 3.05) is 12.4 Å². The fraction of sp³-hybridized carbons (Fsp3) is 0.188. The van der Waals surface area contributed by atoms with E-state index in [0.717, 1.165) is 11.1 Å². The van der Waals surface area contributed by atoms with E-state index in [9.17, 15) is 4.79 Å². The molecule has 0 aliphatic carbocycles. The molecule has 2 N–H and O–H groups in total. The number of amides is 1. The largest absolute Gasteiger partial charge is 0.496 e. The number of aliphatic hydroxyl groups excluding tert-OH is 1. The second-order valence-electron chi connectivity index (χ2n) is 4.46. The van der Waals surface area contributed by atoms with Crippen molar-refractivity contribution >= 4 is 11.6 Å². The Hall–Kier alpha value is -2.33. The molecule has 0 saturated heterocycles. The highest BCUT2D eigenvalue weighted by atomic mass is 16.5. The number of rotatable bonds is 4. The number of aryl methyl sites for hydroxylation is 1. The molecule has 0 bridgehead atoms. The van der Waals surface area contributed by atoms with Gasteiger partial charge in [0.1, 0.15) is 5.75 Å². The second kappa shape index (κ2) is 6.21. The zero-order valence-corrected chi connectivity index (χ0v) is 11.5. The number of ether oxygens (including phenoxy) is 1. The van der Waals surface area contributed by atoms with E-state index in [0.29, 0.717) is 17.0 Å². The number of carbonyl (C=O) groups excluding carboxylic acids is 1. The third-order valence-electron chi connectivity index (χ3n) is 3.08. The minimum absolute atomic E-state index is 0.0577. The summed E-state index contributed by atoms with van der Waals surface area (Å²) in [5.74, 6) is 0.293. The van der Waals surface area contributed by atoms with Crippen LogP contribution in [0.3, 0.4) is 0 Å². The van der Waals surface area contributed by atoms with Crippen LogP contribution in [0.4, 0.5) is 5.69 Å². The van der Waals surface area contributed by atoms with Crippen LogP contribution in [0.15, 0.2) is 42.5 Å². The monoisotopic (exact) mass is 271 g/mol. The Labute approximate surface area is 118 Å². The van der Waals surface area contributed by atoms with E-state index < -0.39 is 0 Å². The summed E-state index contributed by atoms with van der Waals surface area (Å²) < 4.78 is 5.18. The Bertz CT molecular complexity index is 623. The molecule has 0 aliphatic rings. The molecule has 2 aromatic carbocycles. The highest BCUT2D eigenvalue weighted by Gasteiger charge is 2.12. The number of methoxy groups -OCH3 is 1. The van der Waals surface area contributed by atoms with E-state index in [4.69, 9.17) is 9.84 Å². The SMILES string of the molecule is COc1ccccc1C(=O)Nc1cc(CO)ccc1C. The highest BCUT2D eigenvalue weighted by molar-refractivity contribution is 6.06. The van der Waals surface area contributed by atoms with Crippen molar-refractivity contribution in [3.63, 3.8) is 0 Å². The summed E-state index contributed by atoms with van der Waals surface area (Å²) in [7, 11) is 1.53. The predicted molar refractivity (Wildman–Crippen MR) is 78.0 cm³/mol. The maximum atomic E-state index is 12.3. The molecule has 0 unspecified atom stereocenters. The van der Waals surface area contributed by atoms with E-state index in [1.165, 1.54) is 7.11 Å². The van der Waals surface area contributed by atoms with Gasteiger partial charge in [0, 0.05) is 5.69 Å². The average molecular weight is 271 g/mol. The van der Waals surface area contributed by atoms with Crippen LogP contribution >= 0.6 is 0 Å². The normalized spacial score (nSPS) is 10.2.